The molecule has 1 aromatic rings. The molecule has 14 heavy (non-hydrogen) atoms. The van der Waals surface area contributed by atoms with E-state index >= 15 is 0 Å². The summed E-state index contributed by atoms with van der Waals surface area (Å²) in [6, 6.07) is 6.36. The third-order valence-corrected chi connectivity index (χ3v) is 2.97. The molecule has 1 atom stereocenters. The van der Waals surface area contributed by atoms with E-state index in [0.717, 1.165) is 5.75 Å². The van der Waals surface area contributed by atoms with Crippen LogP contribution in [0.3, 0.4) is 0 Å². The monoisotopic (exact) mass is 191 g/mol. The fraction of sp³-hybridized carbons (Fsp3) is 0.500. The van der Waals surface area contributed by atoms with Crippen LogP contribution >= 0.6 is 0 Å². The Balaban J connectivity index is 2.24. The number of benzene rings is 1. The van der Waals surface area contributed by atoms with Crippen molar-refractivity contribution in [1.82, 2.24) is 0 Å². The highest BCUT2D eigenvalue weighted by Gasteiger charge is 2.30. The van der Waals surface area contributed by atoms with Gasteiger partial charge in [0.25, 0.3) is 0 Å². The minimum atomic E-state index is 0.223. The van der Waals surface area contributed by atoms with Crippen LogP contribution in [0.2, 0.25) is 0 Å². The van der Waals surface area contributed by atoms with E-state index in [4.69, 9.17) is 10.5 Å². The lowest BCUT2D eigenvalue weighted by atomic mass is 9.98. The highest BCUT2D eigenvalue weighted by Crippen LogP contribution is 2.40. The first-order valence-electron chi connectivity index (χ1n) is 5.12. The minimum absolute atomic E-state index is 0.223. The third kappa shape index (κ3) is 1.75. The Bertz CT molecular complexity index is 331. The van der Waals surface area contributed by atoms with E-state index in [9.17, 15) is 0 Å². The molecule has 0 amide bonds. The minimum Gasteiger partial charge on any atom is -0.497 e. The van der Waals surface area contributed by atoms with E-state index in [2.05, 4.69) is 19.1 Å². The first-order valence-corrected chi connectivity index (χ1v) is 5.12. The molecular weight excluding hydrogens is 174 g/mol. The van der Waals surface area contributed by atoms with Crippen molar-refractivity contribution >= 4 is 0 Å². The van der Waals surface area contributed by atoms with Crippen LogP contribution in [0, 0.1) is 12.8 Å². The molecule has 1 saturated carbocycles. The molecule has 2 nitrogen and oxygen atoms in total. The van der Waals surface area contributed by atoms with Crippen molar-refractivity contribution in [2.24, 2.45) is 11.7 Å². The molecule has 0 spiro atoms. The molecule has 2 N–H and O–H groups in total. The Morgan fingerprint density at radius 3 is 2.64 bits per heavy atom. The van der Waals surface area contributed by atoms with Gasteiger partial charge in [0.05, 0.1) is 7.11 Å². The lowest BCUT2D eigenvalue weighted by molar-refractivity contribution is 0.414. The second-order valence-electron chi connectivity index (χ2n) is 4.09. The first kappa shape index (κ1) is 9.53. The van der Waals surface area contributed by atoms with Crippen molar-refractivity contribution in [2.75, 3.05) is 7.11 Å². The summed E-state index contributed by atoms with van der Waals surface area (Å²) in [5, 5.41) is 0. The predicted octanol–water partition coefficient (Wildman–Crippen LogP) is 2.41. The Morgan fingerprint density at radius 1 is 1.43 bits per heavy atom. The van der Waals surface area contributed by atoms with Gasteiger partial charge in [-0.2, -0.15) is 0 Å². The molecule has 0 radical (unpaired) electrons. The standard InChI is InChI=1S/C12H17NO/c1-8-7-10(14-2)5-6-11(8)12(13)9-3-4-9/h5-7,9,12H,3-4,13H2,1-2H3/t12-/m1/s1. The molecule has 0 bridgehead atoms. The summed E-state index contributed by atoms with van der Waals surface area (Å²) in [6.07, 6.45) is 2.57. The first-order chi connectivity index (χ1) is 6.72. The zero-order valence-electron chi connectivity index (χ0n) is 8.79. The third-order valence-electron chi connectivity index (χ3n) is 2.97. The van der Waals surface area contributed by atoms with Crippen molar-refractivity contribution in [1.29, 1.82) is 0 Å². The van der Waals surface area contributed by atoms with E-state index in [0.29, 0.717) is 5.92 Å². The summed E-state index contributed by atoms with van der Waals surface area (Å²) in [6.45, 7) is 2.10. The summed E-state index contributed by atoms with van der Waals surface area (Å²) >= 11 is 0. The summed E-state index contributed by atoms with van der Waals surface area (Å²) in [5.74, 6) is 1.62. The van der Waals surface area contributed by atoms with Crippen molar-refractivity contribution in [3.8, 4) is 5.75 Å². The van der Waals surface area contributed by atoms with E-state index in [1.807, 2.05) is 6.07 Å². The molecule has 0 heterocycles. The van der Waals surface area contributed by atoms with Crippen molar-refractivity contribution < 1.29 is 4.74 Å². The average Bonchev–Trinajstić information content (AvgIpc) is 3.00. The maximum absolute atomic E-state index is 6.15. The lowest BCUT2D eigenvalue weighted by Crippen LogP contribution is -2.13. The SMILES string of the molecule is COc1ccc([C@H](N)C2CC2)c(C)c1. The fourth-order valence-corrected chi connectivity index (χ4v) is 1.86. The molecule has 0 saturated heterocycles. The molecule has 1 aliphatic carbocycles. The Morgan fingerprint density at radius 2 is 2.14 bits per heavy atom. The number of hydrogen-bond donors (Lipinski definition) is 1. The van der Waals surface area contributed by atoms with Gasteiger partial charge in [0, 0.05) is 6.04 Å². The molecule has 0 unspecified atom stereocenters. The van der Waals surface area contributed by atoms with Gasteiger partial charge in [-0.1, -0.05) is 6.07 Å². The van der Waals surface area contributed by atoms with E-state index < -0.39 is 0 Å². The number of aryl methyl sites for hydroxylation is 1. The molecule has 2 rings (SSSR count). The van der Waals surface area contributed by atoms with Crippen molar-refractivity contribution in [3.63, 3.8) is 0 Å². The average molecular weight is 191 g/mol. The fourth-order valence-electron chi connectivity index (χ4n) is 1.86. The summed E-state index contributed by atoms with van der Waals surface area (Å²) in [7, 11) is 1.69. The van der Waals surface area contributed by atoms with Crippen LogP contribution < -0.4 is 10.5 Å². The van der Waals surface area contributed by atoms with Gasteiger partial charge in [0.15, 0.2) is 0 Å². The van der Waals surface area contributed by atoms with Crippen LogP contribution in [0.25, 0.3) is 0 Å². The maximum atomic E-state index is 6.15. The van der Waals surface area contributed by atoms with Gasteiger partial charge in [0.2, 0.25) is 0 Å². The molecule has 76 valence electrons. The lowest BCUT2D eigenvalue weighted by Gasteiger charge is -2.14. The predicted molar refractivity (Wildman–Crippen MR) is 57.4 cm³/mol. The molecular formula is C12H17NO. The van der Waals surface area contributed by atoms with Crippen LogP contribution in [0.1, 0.15) is 30.0 Å². The molecule has 1 aromatic carbocycles. The number of ether oxygens (including phenoxy) is 1. The van der Waals surface area contributed by atoms with Gasteiger partial charge in [-0.3, -0.25) is 0 Å². The summed E-state index contributed by atoms with van der Waals surface area (Å²) in [4.78, 5) is 0. The number of hydrogen-bond acceptors (Lipinski definition) is 2. The van der Waals surface area contributed by atoms with Crippen LogP contribution in [0.15, 0.2) is 18.2 Å². The van der Waals surface area contributed by atoms with Crippen LogP contribution in [-0.2, 0) is 0 Å². The van der Waals surface area contributed by atoms with E-state index in [1.165, 1.54) is 24.0 Å². The summed E-state index contributed by atoms with van der Waals surface area (Å²) < 4.78 is 5.17. The topological polar surface area (TPSA) is 35.2 Å². The zero-order chi connectivity index (χ0) is 10.1. The van der Waals surface area contributed by atoms with E-state index in [1.54, 1.807) is 7.11 Å². The van der Waals surface area contributed by atoms with Crippen molar-refractivity contribution in [2.45, 2.75) is 25.8 Å². The molecule has 1 aliphatic rings. The van der Waals surface area contributed by atoms with Crippen molar-refractivity contribution in [3.05, 3.63) is 29.3 Å². The number of rotatable bonds is 3. The van der Waals surface area contributed by atoms with E-state index in [-0.39, 0.29) is 6.04 Å². The van der Waals surface area contributed by atoms with Gasteiger partial charge >= 0.3 is 0 Å². The second-order valence-corrected chi connectivity index (χ2v) is 4.09. The maximum Gasteiger partial charge on any atom is 0.119 e. The van der Waals surface area contributed by atoms with Crippen LogP contribution in [0.4, 0.5) is 0 Å². The van der Waals surface area contributed by atoms with Gasteiger partial charge in [-0.25, -0.2) is 0 Å². The van der Waals surface area contributed by atoms with Gasteiger partial charge in [0.1, 0.15) is 5.75 Å². The highest BCUT2D eigenvalue weighted by molar-refractivity contribution is 5.37. The van der Waals surface area contributed by atoms with Gasteiger partial charge < -0.3 is 10.5 Å². The largest absolute Gasteiger partial charge is 0.497 e. The molecule has 1 fully saturated rings. The summed E-state index contributed by atoms with van der Waals surface area (Å²) in [5.41, 5.74) is 8.66. The molecule has 2 heteroatoms. The second kappa shape index (κ2) is 3.62. The highest BCUT2D eigenvalue weighted by atomic mass is 16.5. The van der Waals surface area contributed by atoms with Crippen LogP contribution in [-0.4, -0.2) is 7.11 Å². The Labute approximate surface area is 85.1 Å². The zero-order valence-corrected chi connectivity index (χ0v) is 8.79. The Kier molecular flexibility index (Phi) is 2.46. The van der Waals surface area contributed by atoms with Gasteiger partial charge in [-0.15, -0.1) is 0 Å². The normalized spacial score (nSPS) is 17.9. The molecule has 0 aliphatic heterocycles. The number of nitrogens with two attached hydrogens (primary N) is 1. The quantitative estimate of drug-likeness (QED) is 0.796. The van der Waals surface area contributed by atoms with Gasteiger partial charge in [-0.05, 0) is 48.9 Å². The van der Waals surface area contributed by atoms with Crippen LogP contribution in [0.5, 0.6) is 5.75 Å². The smallest absolute Gasteiger partial charge is 0.119 e. The number of methoxy groups -OCH3 is 1. The Hall–Kier alpha value is -1.02. The molecule has 0 aromatic heterocycles.